The van der Waals surface area contributed by atoms with Gasteiger partial charge in [0.1, 0.15) is 11.9 Å². The van der Waals surface area contributed by atoms with E-state index in [2.05, 4.69) is 29.4 Å². The minimum absolute atomic E-state index is 0.0650. The Hall–Kier alpha value is -3.22. The Morgan fingerprint density at radius 3 is 2.72 bits per heavy atom. The molecule has 3 aromatic rings. The van der Waals surface area contributed by atoms with Gasteiger partial charge in [-0.05, 0) is 36.1 Å². The molecule has 1 atom stereocenters. The summed E-state index contributed by atoms with van der Waals surface area (Å²) < 4.78 is 1.92. The van der Waals surface area contributed by atoms with Crippen LogP contribution in [0.5, 0.6) is 0 Å². The van der Waals surface area contributed by atoms with Crippen LogP contribution in [-0.4, -0.2) is 43.9 Å². The highest BCUT2D eigenvalue weighted by molar-refractivity contribution is 6.01. The third-order valence-corrected chi connectivity index (χ3v) is 5.26. The first-order valence-corrected chi connectivity index (χ1v) is 10.00. The van der Waals surface area contributed by atoms with E-state index in [1.807, 2.05) is 53.1 Å². The summed E-state index contributed by atoms with van der Waals surface area (Å²) in [4.78, 5) is 27.6. The molecule has 7 nitrogen and oxygen atoms in total. The molecule has 0 saturated heterocycles. The van der Waals surface area contributed by atoms with E-state index in [0.29, 0.717) is 37.4 Å². The molecule has 1 aromatic carbocycles. The second-order valence-corrected chi connectivity index (χ2v) is 7.82. The molecule has 3 heterocycles. The van der Waals surface area contributed by atoms with Crippen molar-refractivity contribution in [2.24, 2.45) is 5.92 Å². The van der Waals surface area contributed by atoms with Gasteiger partial charge in [-0.15, -0.1) is 10.2 Å². The molecule has 2 aromatic heterocycles. The molecule has 0 saturated carbocycles. The van der Waals surface area contributed by atoms with Gasteiger partial charge in [0.2, 0.25) is 5.91 Å². The number of rotatable bonds is 7. The molecule has 2 amide bonds. The lowest BCUT2D eigenvalue weighted by molar-refractivity contribution is -0.126. The molecule has 1 aliphatic heterocycles. The van der Waals surface area contributed by atoms with E-state index in [1.165, 1.54) is 0 Å². The Kier molecular flexibility index (Phi) is 5.29. The van der Waals surface area contributed by atoms with Crippen molar-refractivity contribution in [3.8, 4) is 0 Å². The Morgan fingerprint density at radius 2 is 1.93 bits per heavy atom. The maximum atomic E-state index is 13.0. The predicted octanol–water partition coefficient (Wildman–Crippen LogP) is 2.46. The first-order valence-electron chi connectivity index (χ1n) is 10.00. The Balaban J connectivity index is 1.43. The lowest BCUT2D eigenvalue weighted by Crippen LogP contribution is -2.48. The number of carbonyl (C=O) groups is 2. The topological polar surface area (TPSA) is 79.6 Å². The maximum absolute atomic E-state index is 13.0. The van der Waals surface area contributed by atoms with Gasteiger partial charge in [-0.2, -0.15) is 0 Å². The monoisotopic (exact) mass is 391 g/mol. The second-order valence-electron chi connectivity index (χ2n) is 7.82. The van der Waals surface area contributed by atoms with Crippen LogP contribution in [0.4, 0.5) is 0 Å². The largest absolute Gasteiger partial charge is 0.354 e. The smallest absolute Gasteiger partial charge is 0.255 e. The zero-order chi connectivity index (χ0) is 20.4. The van der Waals surface area contributed by atoms with Gasteiger partial charge < -0.3 is 10.2 Å². The fraction of sp³-hybridized carbons (Fsp3) is 0.364. The molecular weight excluding hydrogens is 366 g/mol. The van der Waals surface area contributed by atoms with Gasteiger partial charge in [0.15, 0.2) is 5.65 Å². The zero-order valence-corrected chi connectivity index (χ0v) is 16.7. The van der Waals surface area contributed by atoms with Crippen molar-refractivity contribution < 1.29 is 9.59 Å². The summed E-state index contributed by atoms with van der Waals surface area (Å²) >= 11 is 0. The third kappa shape index (κ3) is 3.85. The summed E-state index contributed by atoms with van der Waals surface area (Å²) in [5, 5.41) is 11.3. The van der Waals surface area contributed by atoms with E-state index >= 15 is 0 Å². The molecule has 0 aliphatic carbocycles. The van der Waals surface area contributed by atoms with Crippen molar-refractivity contribution in [1.82, 2.24) is 24.8 Å². The van der Waals surface area contributed by atoms with Crippen molar-refractivity contribution in [2.75, 3.05) is 6.54 Å². The van der Waals surface area contributed by atoms with E-state index in [9.17, 15) is 9.59 Å². The summed E-state index contributed by atoms with van der Waals surface area (Å²) in [5.74, 6) is 0.909. The first kappa shape index (κ1) is 19.1. The number of hydrogen-bond acceptors (Lipinski definition) is 4. The first-order chi connectivity index (χ1) is 14.0. The lowest BCUT2D eigenvalue weighted by Gasteiger charge is -2.28. The fourth-order valence-corrected chi connectivity index (χ4v) is 3.83. The average molecular weight is 391 g/mol. The fourth-order valence-electron chi connectivity index (χ4n) is 3.83. The van der Waals surface area contributed by atoms with Gasteiger partial charge in [0, 0.05) is 31.3 Å². The highest BCUT2D eigenvalue weighted by atomic mass is 16.2. The normalized spacial score (nSPS) is 14.4. The molecule has 0 spiro atoms. The van der Waals surface area contributed by atoms with Crippen LogP contribution in [0.3, 0.4) is 0 Å². The second kappa shape index (κ2) is 8.03. The number of nitrogens with zero attached hydrogens (tertiary/aromatic N) is 4. The molecular formula is C22H25N5O2. The van der Waals surface area contributed by atoms with Crippen LogP contribution in [-0.2, 0) is 17.8 Å². The van der Waals surface area contributed by atoms with Crippen LogP contribution in [0.2, 0.25) is 0 Å². The van der Waals surface area contributed by atoms with Crippen LogP contribution in [0.25, 0.3) is 5.65 Å². The van der Waals surface area contributed by atoms with Crippen molar-refractivity contribution >= 4 is 17.5 Å². The van der Waals surface area contributed by atoms with Gasteiger partial charge in [-0.25, -0.2) is 0 Å². The Bertz CT molecular complexity index is 1040. The molecule has 0 unspecified atom stereocenters. The van der Waals surface area contributed by atoms with Crippen molar-refractivity contribution in [3.05, 3.63) is 65.6 Å². The number of aromatic nitrogens is 3. The number of benzene rings is 1. The summed E-state index contributed by atoms with van der Waals surface area (Å²) in [6.07, 6.45) is 3.10. The molecule has 0 fully saturated rings. The van der Waals surface area contributed by atoms with Crippen molar-refractivity contribution in [1.29, 1.82) is 0 Å². The number of nitrogens with one attached hydrogen (secondary N) is 1. The minimum Gasteiger partial charge on any atom is -0.354 e. The van der Waals surface area contributed by atoms with E-state index in [-0.39, 0.29) is 11.8 Å². The summed E-state index contributed by atoms with van der Waals surface area (Å²) in [6.45, 7) is 5.05. The van der Waals surface area contributed by atoms with Crippen LogP contribution in [0, 0.1) is 5.92 Å². The molecule has 29 heavy (non-hydrogen) atoms. The molecule has 1 aliphatic rings. The molecule has 1 N–H and O–H groups in total. The summed E-state index contributed by atoms with van der Waals surface area (Å²) in [6, 6.07) is 12.8. The quantitative estimate of drug-likeness (QED) is 0.671. The third-order valence-electron chi connectivity index (χ3n) is 5.26. The highest BCUT2D eigenvalue weighted by Crippen LogP contribution is 2.26. The maximum Gasteiger partial charge on any atom is 0.255 e. The standard InChI is InChI=1S/C22H25N5O2/c1-15(2)13-18(27-14-16-7-3-4-8-17(16)22(27)29)21(28)23-11-10-20-25-24-19-9-5-6-12-26(19)20/h3-9,12,15,18H,10-11,13-14H2,1-2H3,(H,23,28)/t18-/m0/s1. The molecule has 0 radical (unpaired) electrons. The number of hydrogen-bond donors (Lipinski definition) is 1. The van der Waals surface area contributed by atoms with Gasteiger partial charge in [-0.1, -0.05) is 38.1 Å². The van der Waals surface area contributed by atoms with Crippen LogP contribution in [0.1, 0.15) is 42.0 Å². The molecule has 150 valence electrons. The van der Waals surface area contributed by atoms with Crippen molar-refractivity contribution in [3.63, 3.8) is 0 Å². The van der Waals surface area contributed by atoms with Crippen LogP contribution >= 0.6 is 0 Å². The number of pyridine rings is 1. The van der Waals surface area contributed by atoms with Crippen molar-refractivity contribution in [2.45, 2.75) is 39.3 Å². The van der Waals surface area contributed by atoms with E-state index in [4.69, 9.17) is 0 Å². The van der Waals surface area contributed by atoms with Crippen LogP contribution < -0.4 is 5.32 Å². The number of amides is 2. The highest BCUT2D eigenvalue weighted by Gasteiger charge is 2.36. The summed E-state index contributed by atoms with van der Waals surface area (Å²) in [5.41, 5.74) is 2.46. The van der Waals surface area contributed by atoms with Gasteiger partial charge in [-0.3, -0.25) is 14.0 Å². The number of carbonyl (C=O) groups excluding carboxylic acids is 2. The van der Waals surface area contributed by atoms with Crippen LogP contribution in [0.15, 0.2) is 48.7 Å². The Labute approximate surface area is 169 Å². The predicted molar refractivity (Wildman–Crippen MR) is 109 cm³/mol. The Morgan fingerprint density at radius 1 is 1.14 bits per heavy atom. The van der Waals surface area contributed by atoms with E-state index < -0.39 is 6.04 Å². The van der Waals surface area contributed by atoms with E-state index in [1.54, 1.807) is 4.90 Å². The lowest BCUT2D eigenvalue weighted by atomic mass is 10.0. The molecule has 0 bridgehead atoms. The van der Waals surface area contributed by atoms with Gasteiger partial charge in [0.05, 0.1) is 0 Å². The summed E-state index contributed by atoms with van der Waals surface area (Å²) in [7, 11) is 0. The number of fused-ring (bicyclic) bond motifs is 2. The molecule has 4 rings (SSSR count). The van der Waals surface area contributed by atoms with Gasteiger partial charge in [0.25, 0.3) is 5.91 Å². The average Bonchev–Trinajstić information content (AvgIpc) is 3.28. The van der Waals surface area contributed by atoms with Gasteiger partial charge >= 0.3 is 0 Å². The SMILES string of the molecule is CC(C)C[C@@H](C(=O)NCCc1nnc2ccccn12)N1Cc2ccccc2C1=O. The minimum atomic E-state index is -0.481. The zero-order valence-electron chi connectivity index (χ0n) is 16.7. The molecule has 7 heteroatoms. The van der Waals surface area contributed by atoms with E-state index in [0.717, 1.165) is 17.0 Å².